The summed E-state index contributed by atoms with van der Waals surface area (Å²) in [6.45, 7) is 5.85. The zero-order valence-corrected chi connectivity index (χ0v) is 19.2. The number of anilines is 3. The Morgan fingerprint density at radius 1 is 1.15 bits per heavy atom. The van der Waals surface area contributed by atoms with Gasteiger partial charge in [0.2, 0.25) is 17.8 Å². The normalized spacial score (nSPS) is 22.2. The summed E-state index contributed by atoms with van der Waals surface area (Å²) in [5.41, 5.74) is 0.0983. The zero-order chi connectivity index (χ0) is 23.7. The molecule has 1 aromatic heterocycles. The quantitative estimate of drug-likeness (QED) is 0.632. The molecule has 2 amide bonds. The fourth-order valence-corrected chi connectivity index (χ4v) is 4.70. The first kappa shape index (κ1) is 22.6. The second-order valence-corrected chi connectivity index (χ2v) is 8.86. The van der Waals surface area contributed by atoms with Gasteiger partial charge in [-0.2, -0.15) is 4.98 Å². The summed E-state index contributed by atoms with van der Waals surface area (Å²) in [6.07, 6.45) is 0.950. The summed E-state index contributed by atoms with van der Waals surface area (Å²) < 4.78 is 10.5. The Kier molecular flexibility index (Phi) is 6.26. The molecular formula is C23H29N5O5. The third-order valence-electron chi connectivity index (χ3n) is 6.09. The number of fused-ring (bicyclic) bond motifs is 1. The van der Waals surface area contributed by atoms with Crippen molar-refractivity contribution in [3.05, 3.63) is 34.1 Å². The Hall–Kier alpha value is -3.56. The van der Waals surface area contributed by atoms with Gasteiger partial charge in [0, 0.05) is 25.6 Å². The van der Waals surface area contributed by atoms with Gasteiger partial charge in [-0.3, -0.25) is 19.4 Å². The number of benzene rings is 1. The fraction of sp³-hybridized carbons (Fsp3) is 0.478. The lowest BCUT2D eigenvalue weighted by Crippen LogP contribution is -2.42. The summed E-state index contributed by atoms with van der Waals surface area (Å²) in [5.74, 6) is 0.558. The van der Waals surface area contributed by atoms with E-state index in [4.69, 9.17) is 9.47 Å². The molecule has 176 valence electrons. The molecule has 10 nitrogen and oxygen atoms in total. The molecule has 2 aliphatic heterocycles. The molecule has 0 spiro atoms. The lowest BCUT2D eigenvalue weighted by atomic mass is 9.91. The summed E-state index contributed by atoms with van der Waals surface area (Å²) in [5, 5.41) is 5.44. The Labute approximate surface area is 191 Å². The van der Waals surface area contributed by atoms with Gasteiger partial charge in [-0.05, 0) is 30.4 Å². The fourth-order valence-electron chi connectivity index (χ4n) is 4.70. The summed E-state index contributed by atoms with van der Waals surface area (Å²) in [4.78, 5) is 48.1. The van der Waals surface area contributed by atoms with Crippen LogP contribution in [-0.2, 0) is 9.59 Å². The second kappa shape index (κ2) is 9.13. The van der Waals surface area contributed by atoms with Crippen LogP contribution in [0.1, 0.15) is 38.2 Å². The molecular weight excluding hydrogens is 426 g/mol. The van der Waals surface area contributed by atoms with E-state index < -0.39 is 17.4 Å². The summed E-state index contributed by atoms with van der Waals surface area (Å²) in [7, 11) is 3.00. The van der Waals surface area contributed by atoms with Gasteiger partial charge in [0.05, 0.1) is 31.4 Å². The molecule has 4 rings (SSSR count). The first-order valence-electron chi connectivity index (χ1n) is 11.0. The highest BCUT2D eigenvalue weighted by atomic mass is 16.5. The second-order valence-electron chi connectivity index (χ2n) is 8.86. The van der Waals surface area contributed by atoms with Gasteiger partial charge in [-0.25, -0.2) is 0 Å². The first-order chi connectivity index (χ1) is 15.8. The predicted octanol–water partition coefficient (Wildman–Crippen LogP) is 2.33. The van der Waals surface area contributed by atoms with Crippen LogP contribution < -0.4 is 30.6 Å². The zero-order valence-electron chi connectivity index (χ0n) is 19.2. The molecule has 2 aliphatic rings. The van der Waals surface area contributed by atoms with Crippen molar-refractivity contribution >= 4 is 29.3 Å². The number of methoxy groups -OCH3 is 2. The predicted molar refractivity (Wildman–Crippen MR) is 124 cm³/mol. The van der Waals surface area contributed by atoms with Crippen molar-refractivity contribution in [1.82, 2.24) is 9.97 Å². The van der Waals surface area contributed by atoms with Crippen LogP contribution >= 0.6 is 0 Å². The minimum atomic E-state index is -0.992. The number of aromatic nitrogens is 2. The first-order valence-corrected chi connectivity index (χ1v) is 11.0. The topological polar surface area (TPSA) is 126 Å². The molecule has 1 saturated heterocycles. The van der Waals surface area contributed by atoms with Gasteiger partial charge < -0.3 is 25.0 Å². The van der Waals surface area contributed by atoms with Crippen LogP contribution in [0, 0.1) is 11.8 Å². The Morgan fingerprint density at radius 3 is 2.55 bits per heavy atom. The molecule has 3 atom stereocenters. The van der Waals surface area contributed by atoms with Crippen molar-refractivity contribution < 1.29 is 19.1 Å². The lowest BCUT2D eigenvalue weighted by Gasteiger charge is -2.35. The Morgan fingerprint density at radius 2 is 1.88 bits per heavy atom. The molecule has 0 bridgehead atoms. The maximum atomic E-state index is 13.2. The molecule has 3 heterocycles. The van der Waals surface area contributed by atoms with E-state index in [0.717, 1.165) is 19.5 Å². The molecule has 0 aliphatic carbocycles. The van der Waals surface area contributed by atoms with Crippen LogP contribution in [0.3, 0.4) is 0 Å². The number of piperidine rings is 1. The minimum Gasteiger partial charge on any atom is -0.497 e. The number of H-pyrrole nitrogens is 1. The van der Waals surface area contributed by atoms with Crippen molar-refractivity contribution in [2.45, 2.75) is 32.6 Å². The molecule has 1 aromatic carbocycles. The van der Waals surface area contributed by atoms with Gasteiger partial charge in [-0.15, -0.1) is 0 Å². The number of rotatable bonds is 5. The van der Waals surface area contributed by atoms with Crippen LogP contribution in [0.15, 0.2) is 23.0 Å². The molecule has 0 unspecified atom stereocenters. The number of nitrogens with one attached hydrogen (secondary N) is 3. The summed E-state index contributed by atoms with van der Waals surface area (Å²) >= 11 is 0. The number of hydrogen-bond donors (Lipinski definition) is 3. The highest BCUT2D eigenvalue weighted by Crippen LogP contribution is 2.34. The largest absolute Gasteiger partial charge is 0.497 e. The Balaban J connectivity index is 1.65. The highest BCUT2D eigenvalue weighted by molar-refractivity contribution is 6.05. The van der Waals surface area contributed by atoms with Crippen LogP contribution in [0.4, 0.5) is 17.5 Å². The van der Waals surface area contributed by atoms with E-state index in [1.807, 2.05) is 4.90 Å². The lowest BCUT2D eigenvalue weighted by molar-refractivity contribution is -0.123. The minimum absolute atomic E-state index is 0.133. The van der Waals surface area contributed by atoms with E-state index in [2.05, 4.69) is 34.4 Å². The van der Waals surface area contributed by atoms with Gasteiger partial charge in [-0.1, -0.05) is 13.8 Å². The van der Waals surface area contributed by atoms with Crippen LogP contribution in [-0.4, -0.2) is 49.1 Å². The van der Waals surface area contributed by atoms with E-state index in [0.29, 0.717) is 35.0 Å². The standard InChI is InChI=1S/C23H29N5O5/c1-12-7-13(2)11-28(10-12)23-26-20-19(22(31)27-23)15(9-18(29)25-20)21(30)24-16-8-14(32-3)5-6-17(16)33-4/h5-6,8,12-13,15H,7,9-11H2,1-4H3,(H,24,30)(H2,25,26,27,29,31)/t12-,13-,15+/m1/s1. The number of carbonyl (C=O) groups excluding carboxylic acids is 2. The monoisotopic (exact) mass is 455 g/mol. The highest BCUT2D eigenvalue weighted by Gasteiger charge is 2.36. The van der Waals surface area contributed by atoms with Crippen LogP contribution in [0.25, 0.3) is 0 Å². The smallest absolute Gasteiger partial charge is 0.258 e. The van der Waals surface area contributed by atoms with E-state index in [1.165, 1.54) is 14.2 Å². The molecule has 33 heavy (non-hydrogen) atoms. The average molecular weight is 456 g/mol. The van der Waals surface area contributed by atoms with Crippen molar-refractivity contribution in [2.75, 3.05) is 42.8 Å². The third kappa shape index (κ3) is 4.64. The number of ether oxygens (including phenoxy) is 2. The van der Waals surface area contributed by atoms with Gasteiger partial charge in [0.25, 0.3) is 5.56 Å². The maximum absolute atomic E-state index is 13.2. The van der Waals surface area contributed by atoms with E-state index >= 15 is 0 Å². The number of nitrogens with zero attached hydrogens (tertiary/aromatic N) is 2. The number of hydrogen-bond acceptors (Lipinski definition) is 7. The number of carbonyl (C=O) groups is 2. The molecule has 10 heteroatoms. The van der Waals surface area contributed by atoms with E-state index in [-0.39, 0.29) is 23.7 Å². The van der Waals surface area contributed by atoms with E-state index in [1.54, 1.807) is 18.2 Å². The number of amides is 2. The van der Waals surface area contributed by atoms with Crippen molar-refractivity contribution in [3.63, 3.8) is 0 Å². The number of aromatic amines is 1. The average Bonchev–Trinajstić information content (AvgIpc) is 2.77. The van der Waals surface area contributed by atoms with Crippen LogP contribution in [0.5, 0.6) is 11.5 Å². The van der Waals surface area contributed by atoms with Crippen LogP contribution in [0.2, 0.25) is 0 Å². The maximum Gasteiger partial charge on any atom is 0.258 e. The third-order valence-corrected chi connectivity index (χ3v) is 6.09. The van der Waals surface area contributed by atoms with Crippen molar-refractivity contribution in [2.24, 2.45) is 11.8 Å². The molecule has 0 radical (unpaired) electrons. The van der Waals surface area contributed by atoms with Gasteiger partial charge in [0.1, 0.15) is 17.3 Å². The van der Waals surface area contributed by atoms with Gasteiger partial charge in [0.15, 0.2) is 0 Å². The molecule has 1 fully saturated rings. The molecule has 2 aromatic rings. The molecule has 0 saturated carbocycles. The van der Waals surface area contributed by atoms with Crippen molar-refractivity contribution in [1.29, 1.82) is 0 Å². The Bertz CT molecular complexity index is 1120. The SMILES string of the molecule is COc1ccc(OC)c(NC(=O)[C@H]2CC(=O)Nc3nc(N4C[C@H](C)C[C@@H](C)C4)[nH]c(=O)c32)c1. The van der Waals surface area contributed by atoms with Crippen molar-refractivity contribution in [3.8, 4) is 11.5 Å². The molecule has 3 N–H and O–H groups in total. The van der Waals surface area contributed by atoms with Gasteiger partial charge >= 0.3 is 0 Å². The summed E-state index contributed by atoms with van der Waals surface area (Å²) in [6, 6.07) is 4.98. The van der Waals surface area contributed by atoms with E-state index in [9.17, 15) is 14.4 Å².